The fourth-order valence-corrected chi connectivity index (χ4v) is 2.05. The van der Waals surface area contributed by atoms with Crippen LogP contribution in [0.1, 0.15) is 16.7 Å². The largest absolute Gasteiger partial charge is 0.435 e. The van der Waals surface area contributed by atoms with E-state index in [-0.39, 0.29) is 24.6 Å². The minimum absolute atomic E-state index is 0.00952. The Hall–Kier alpha value is -2.64. The number of carbonyl (C=O) groups is 1. The number of amides is 1. The zero-order valence-corrected chi connectivity index (χ0v) is 12.8. The Morgan fingerprint density at radius 2 is 1.52 bits per heavy atom. The van der Waals surface area contributed by atoms with Crippen molar-refractivity contribution in [2.75, 3.05) is 0 Å². The van der Waals surface area contributed by atoms with E-state index in [1.807, 2.05) is 0 Å². The number of hydrogen-bond acceptors (Lipinski definition) is 2. The molecule has 0 heterocycles. The monoisotopic (exact) mass is 359 g/mol. The van der Waals surface area contributed by atoms with Crippen LogP contribution in [0.25, 0.3) is 0 Å². The second-order valence-electron chi connectivity index (χ2n) is 5.17. The SMILES string of the molecule is O=C(Cc1ccc(OC(F)F)cc1)NCc1ccc(C(F)(F)F)cc1. The minimum atomic E-state index is -4.40. The van der Waals surface area contributed by atoms with Crippen LogP contribution >= 0.6 is 0 Å². The number of alkyl halides is 5. The lowest BCUT2D eigenvalue weighted by Gasteiger charge is -2.09. The van der Waals surface area contributed by atoms with Crippen molar-refractivity contribution in [3.8, 4) is 5.75 Å². The number of nitrogens with one attached hydrogen (secondary N) is 1. The number of rotatable bonds is 6. The summed E-state index contributed by atoms with van der Waals surface area (Å²) in [4.78, 5) is 11.8. The fourth-order valence-electron chi connectivity index (χ4n) is 2.05. The highest BCUT2D eigenvalue weighted by molar-refractivity contribution is 5.78. The molecule has 2 aromatic rings. The second kappa shape index (κ2) is 7.96. The summed E-state index contributed by atoms with van der Waals surface area (Å²) >= 11 is 0. The first-order chi connectivity index (χ1) is 11.7. The molecule has 0 aliphatic carbocycles. The van der Waals surface area contributed by atoms with E-state index in [2.05, 4.69) is 10.1 Å². The van der Waals surface area contributed by atoms with Gasteiger partial charge in [0.15, 0.2) is 0 Å². The van der Waals surface area contributed by atoms with Crippen molar-refractivity contribution in [3.05, 3.63) is 65.2 Å². The van der Waals surface area contributed by atoms with Crippen molar-refractivity contribution in [1.29, 1.82) is 0 Å². The van der Waals surface area contributed by atoms with Crippen LogP contribution in [0.4, 0.5) is 22.0 Å². The molecule has 0 atom stereocenters. The molecule has 25 heavy (non-hydrogen) atoms. The van der Waals surface area contributed by atoms with Gasteiger partial charge in [0.05, 0.1) is 12.0 Å². The van der Waals surface area contributed by atoms with Gasteiger partial charge in [0.25, 0.3) is 0 Å². The van der Waals surface area contributed by atoms with Gasteiger partial charge in [-0.25, -0.2) is 0 Å². The van der Waals surface area contributed by atoms with Gasteiger partial charge in [-0.1, -0.05) is 24.3 Å². The van der Waals surface area contributed by atoms with Gasteiger partial charge in [-0.15, -0.1) is 0 Å². The summed E-state index contributed by atoms with van der Waals surface area (Å²) in [5.74, 6) is -0.355. The van der Waals surface area contributed by atoms with Gasteiger partial charge in [-0.05, 0) is 35.4 Å². The Morgan fingerprint density at radius 3 is 2.04 bits per heavy atom. The second-order valence-corrected chi connectivity index (χ2v) is 5.17. The van der Waals surface area contributed by atoms with Crippen molar-refractivity contribution in [3.63, 3.8) is 0 Å². The predicted octanol–water partition coefficient (Wildman–Crippen LogP) is 4.17. The highest BCUT2D eigenvalue weighted by atomic mass is 19.4. The lowest BCUT2D eigenvalue weighted by Crippen LogP contribution is -2.24. The molecule has 0 aliphatic rings. The molecule has 0 saturated carbocycles. The van der Waals surface area contributed by atoms with E-state index in [4.69, 9.17) is 0 Å². The Bertz CT molecular complexity index is 696. The molecular formula is C17H14F5NO2. The number of hydrogen-bond donors (Lipinski definition) is 1. The molecule has 0 spiro atoms. The zero-order valence-electron chi connectivity index (χ0n) is 12.8. The van der Waals surface area contributed by atoms with E-state index in [0.29, 0.717) is 11.1 Å². The molecule has 0 bridgehead atoms. The maximum Gasteiger partial charge on any atom is 0.416 e. The third-order valence-electron chi connectivity index (χ3n) is 3.28. The van der Waals surface area contributed by atoms with E-state index in [1.54, 1.807) is 0 Å². The normalized spacial score (nSPS) is 11.4. The molecule has 0 fully saturated rings. The molecular weight excluding hydrogens is 345 g/mol. The minimum Gasteiger partial charge on any atom is -0.435 e. The van der Waals surface area contributed by atoms with Gasteiger partial charge < -0.3 is 10.1 Å². The van der Waals surface area contributed by atoms with E-state index in [0.717, 1.165) is 12.1 Å². The molecule has 1 N–H and O–H groups in total. The van der Waals surface area contributed by atoms with Gasteiger partial charge >= 0.3 is 12.8 Å². The average Bonchev–Trinajstić information content (AvgIpc) is 2.54. The first-order valence-electron chi connectivity index (χ1n) is 7.20. The van der Waals surface area contributed by atoms with Crippen LogP contribution in [-0.2, 0) is 23.9 Å². The molecule has 134 valence electrons. The van der Waals surface area contributed by atoms with Gasteiger partial charge in [0.1, 0.15) is 5.75 Å². The number of benzene rings is 2. The van der Waals surface area contributed by atoms with Crippen molar-refractivity contribution in [2.45, 2.75) is 25.8 Å². The van der Waals surface area contributed by atoms with E-state index >= 15 is 0 Å². The molecule has 0 aromatic heterocycles. The van der Waals surface area contributed by atoms with Crippen LogP contribution in [0.5, 0.6) is 5.75 Å². The predicted molar refractivity (Wildman–Crippen MR) is 80.1 cm³/mol. The van der Waals surface area contributed by atoms with Crippen LogP contribution in [0.3, 0.4) is 0 Å². The molecule has 3 nitrogen and oxygen atoms in total. The van der Waals surface area contributed by atoms with Crippen LogP contribution in [0.2, 0.25) is 0 Å². The molecule has 0 aliphatic heterocycles. The summed E-state index contributed by atoms with van der Waals surface area (Å²) in [6, 6.07) is 10.1. The standard InChI is InChI=1S/C17H14F5NO2/c18-16(19)25-14-7-3-11(4-8-14)9-15(24)23-10-12-1-5-13(6-2-12)17(20,21)22/h1-8,16H,9-10H2,(H,23,24). The average molecular weight is 359 g/mol. The van der Waals surface area contributed by atoms with Gasteiger partial charge in [-0.3, -0.25) is 4.79 Å². The molecule has 0 radical (unpaired) electrons. The summed E-state index contributed by atoms with van der Waals surface area (Å²) in [5, 5.41) is 2.58. The Balaban J connectivity index is 1.84. The number of halogens is 5. The van der Waals surface area contributed by atoms with E-state index in [1.165, 1.54) is 36.4 Å². The van der Waals surface area contributed by atoms with Crippen molar-refractivity contribution in [1.82, 2.24) is 5.32 Å². The smallest absolute Gasteiger partial charge is 0.416 e. The first kappa shape index (κ1) is 18.7. The Morgan fingerprint density at radius 1 is 0.960 bits per heavy atom. The number of ether oxygens (including phenoxy) is 1. The molecule has 2 aromatic carbocycles. The van der Waals surface area contributed by atoms with E-state index in [9.17, 15) is 26.7 Å². The summed E-state index contributed by atoms with van der Waals surface area (Å²) in [7, 11) is 0. The van der Waals surface area contributed by atoms with Crippen LogP contribution in [0, 0.1) is 0 Å². The van der Waals surface area contributed by atoms with Gasteiger partial charge in [-0.2, -0.15) is 22.0 Å². The quantitative estimate of drug-likeness (QED) is 0.787. The van der Waals surface area contributed by atoms with Crippen LogP contribution < -0.4 is 10.1 Å². The topological polar surface area (TPSA) is 38.3 Å². The Labute approximate surface area is 140 Å². The molecule has 0 unspecified atom stereocenters. The third-order valence-corrected chi connectivity index (χ3v) is 3.28. The van der Waals surface area contributed by atoms with Crippen molar-refractivity contribution in [2.24, 2.45) is 0 Å². The summed E-state index contributed by atoms with van der Waals surface area (Å²) in [6.45, 7) is -2.83. The van der Waals surface area contributed by atoms with E-state index < -0.39 is 18.4 Å². The maximum absolute atomic E-state index is 12.5. The lowest BCUT2D eigenvalue weighted by atomic mass is 10.1. The molecule has 2 rings (SSSR count). The Kier molecular flexibility index (Phi) is 5.95. The fraction of sp³-hybridized carbons (Fsp3) is 0.235. The van der Waals surface area contributed by atoms with Crippen molar-refractivity contribution >= 4 is 5.91 Å². The lowest BCUT2D eigenvalue weighted by molar-refractivity contribution is -0.137. The highest BCUT2D eigenvalue weighted by Gasteiger charge is 2.29. The van der Waals surface area contributed by atoms with Crippen LogP contribution in [0.15, 0.2) is 48.5 Å². The number of carbonyl (C=O) groups excluding carboxylic acids is 1. The third kappa shape index (κ3) is 6.06. The summed E-state index contributed by atoms with van der Waals surface area (Å²) in [5.41, 5.74) is 0.363. The molecule has 8 heteroatoms. The maximum atomic E-state index is 12.5. The zero-order chi connectivity index (χ0) is 18.4. The van der Waals surface area contributed by atoms with Crippen LogP contribution in [-0.4, -0.2) is 12.5 Å². The summed E-state index contributed by atoms with van der Waals surface area (Å²) < 4.78 is 65.6. The van der Waals surface area contributed by atoms with Crippen molar-refractivity contribution < 1.29 is 31.5 Å². The highest BCUT2D eigenvalue weighted by Crippen LogP contribution is 2.29. The summed E-state index contributed by atoms with van der Waals surface area (Å²) in [6.07, 6.45) is -4.39. The molecule has 0 saturated heterocycles. The molecule has 1 amide bonds. The van der Waals surface area contributed by atoms with Gasteiger partial charge in [0, 0.05) is 6.54 Å². The first-order valence-corrected chi connectivity index (χ1v) is 7.20. The van der Waals surface area contributed by atoms with Gasteiger partial charge in [0.2, 0.25) is 5.91 Å².